The van der Waals surface area contributed by atoms with Crippen LogP contribution in [0.1, 0.15) is 38.1 Å². The van der Waals surface area contributed by atoms with E-state index < -0.39 is 5.25 Å². The van der Waals surface area contributed by atoms with Crippen molar-refractivity contribution in [1.29, 1.82) is 0 Å². The molecule has 9 heteroatoms. The lowest BCUT2D eigenvalue weighted by atomic mass is 10.0. The predicted molar refractivity (Wildman–Crippen MR) is 115 cm³/mol. The summed E-state index contributed by atoms with van der Waals surface area (Å²) in [6.07, 6.45) is 0. The molecule has 7 nitrogen and oxygen atoms in total. The number of ether oxygens (including phenoxy) is 1. The number of nitrogens with two attached hydrogens (primary N) is 1. The Hall–Kier alpha value is -3.07. The number of carbonyl (C=O) groups excluding carboxylic acids is 1. The molecule has 2 aromatic carbocycles. The fraction of sp³-hybridized carbons (Fsp3) is 0.286. The second-order valence-corrected chi connectivity index (χ2v) is 8.31. The molecule has 158 valence electrons. The van der Waals surface area contributed by atoms with Gasteiger partial charge in [0.1, 0.15) is 18.2 Å². The van der Waals surface area contributed by atoms with E-state index in [1.807, 2.05) is 24.3 Å². The van der Waals surface area contributed by atoms with Gasteiger partial charge in [0.05, 0.1) is 5.25 Å². The van der Waals surface area contributed by atoms with Crippen LogP contribution >= 0.6 is 11.8 Å². The van der Waals surface area contributed by atoms with Crippen LogP contribution in [-0.2, 0) is 11.4 Å². The molecule has 0 fully saturated rings. The number of para-hydroxylation sites is 1. The van der Waals surface area contributed by atoms with E-state index >= 15 is 0 Å². The molecule has 0 aliphatic carbocycles. The van der Waals surface area contributed by atoms with Crippen molar-refractivity contribution in [3.05, 3.63) is 65.7 Å². The number of nitrogen functional groups attached to an aromatic ring is 1. The number of rotatable bonds is 8. The highest BCUT2D eigenvalue weighted by Crippen LogP contribution is 2.26. The Morgan fingerprint density at radius 2 is 1.87 bits per heavy atom. The van der Waals surface area contributed by atoms with Gasteiger partial charge in [0.15, 0.2) is 5.82 Å². The molecular formula is C21H24FN5O2S. The standard InChI is InChI=1S/C21H24FN5O2S/c1-13(2)17-6-4-5-7-18(17)24-20(28)14(3)30-21-26-25-19(27(21)23)12-29-16-10-8-15(22)9-11-16/h4-11,13-14H,12,23H2,1-3H3,(H,24,28). The van der Waals surface area contributed by atoms with Gasteiger partial charge in [-0.2, -0.15) is 0 Å². The molecule has 3 rings (SSSR count). The van der Waals surface area contributed by atoms with E-state index in [-0.39, 0.29) is 18.3 Å². The van der Waals surface area contributed by atoms with E-state index in [1.54, 1.807) is 6.92 Å². The van der Waals surface area contributed by atoms with Crippen molar-refractivity contribution in [2.24, 2.45) is 0 Å². The Kier molecular flexibility index (Phi) is 6.94. The maximum absolute atomic E-state index is 13.0. The van der Waals surface area contributed by atoms with E-state index in [4.69, 9.17) is 10.6 Å². The molecule has 0 aliphatic heterocycles. The first-order valence-electron chi connectivity index (χ1n) is 9.49. The molecule has 1 heterocycles. The number of nitrogens with one attached hydrogen (secondary N) is 1. The smallest absolute Gasteiger partial charge is 0.237 e. The first-order valence-corrected chi connectivity index (χ1v) is 10.4. The van der Waals surface area contributed by atoms with E-state index in [0.717, 1.165) is 11.3 Å². The number of halogens is 1. The average molecular weight is 430 g/mol. The molecule has 3 aromatic rings. The first-order chi connectivity index (χ1) is 14.3. The molecular weight excluding hydrogens is 405 g/mol. The van der Waals surface area contributed by atoms with Crippen LogP contribution in [0.5, 0.6) is 5.75 Å². The van der Waals surface area contributed by atoms with Crippen LogP contribution in [0.3, 0.4) is 0 Å². The molecule has 1 aromatic heterocycles. The summed E-state index contributed by atoms with van der Waals surface area (Å²) in [4.78, 5) is 12.7. The maximum Gasteiger partial charge on any atom is 0.237 e. The summed E-state index contributed by atoms with van der Waals surface area (Å²) in [6, 6.07) is 13.4. The third-order valence-electron chi connectivity index (χ3n) is 4.41. The lowest BCUT2D eigenvalue weighted by Gasteiger charge is -2.16. The van der Waals surface area contributed by atoms with Gasteiger partial charge in [-0.25, -0.2) is 9.07 Å². The molecule has 1 atom stereocenters. The molecule has 0 radical (unpaired) electrons. The molecule has 0 saturated heterocycles. The molecule has 0 spiro atoms. The third-order valence-corrected chi connectivity index (χ3v) is 5.47. The Balaban J connectivity index is 1.61. The van der Waals surface area contributed by atoms with E-state index in [2.05, 4.69) is 29.4 Å². The van der Waals surface area contributed by atoms with Gasteiger partial charge in [0.2, 0.25) is 11.1 Å². The Bertz CT molecular complexity index is 1010. The number of nitrogens with zero attached hydrogens (tertiary/aromatic N) is 3. The molecule has 3 N–H and O–H groups in total. The number of thioether (sulfide) groups is 1. The molecule has 0 bridgehead atoms. The minimum absolute atomic E-state index is 0.0675. The number of anilines is 1. The van der Waals surface area contributed by atoms with Crippen molar-refractivity contribution in [3.63, 3.8) is 0 Å². The fourth-order valence-corrected chi connectivity index (χ4v) is 3.51. The largest absolute Gasteiger partial charge is 0.486 e. The lowest BCUT2D eigenvalue weighted by Crippen LogP contribution is -2.24. The van der Waals surface area contributed by atoms with Crippen LogP contribution in [-0.4, -0.2) is 26.0 Å². The van der Waals surface area contributed by atoms with E-state index in [1.165, 1.54) is 40.7 Å². The van der Waals surface area contributed by atoms with Crippen LogP contribution in [0.4, 0.5) is 10.1 Å². The molecule has 1 unspecified atom stereocenters. The van der Waals surface area contributed by atoms with Gasteiger partial charge in [-0.3, -0.25) is 4.79 Å². The molecule has 1 amide bonds. The summed E-state index contributed by atoms with van der Waals surface area (Å²) in [6.45, 7) is 6.00. The Morgan fingerprint density at radius 1 is 1.17 bits per heavy atom. The van der Waals surface area contributed by atoms with Gasteiger partial charge < -0.3 is 15.9 Å². The third kappa shape index (κ3) is 5.29. The van der Waals surface area contributed by atoms with Crippen LogP contribution < -0.4 is 15.9 Å². The number of carbonyl (C=O) groups is 1. The van der Waals surface area contributed by atoms with Crippen LogP contribution in [0.25, 0.3) is 0 Å². The molecule has 30 heavy (non-hydrogen) atoms. The lowest BCUT2D eigenvalue weighted by molar-refractivity contribution is -0.115. The number of hydrogen-bond donors (Lipinski definition) is 2. The van der Waals surface area contributed by atoms with Gasteiger partial charge >= 0.3 is 0 Å². The van der Waals surface area contributed by atoms with E-state index in [9.17, 15) is 9.18 Å². The maximum atomic E-state index is 13.0. The van der Waals surface area contributed by atoms with Gasteiger partial charge in [0.25, 0.3) is 0 Å². The first kappa shape index (κ1) is 21.6. The monoisotopic (exact) mass is 429 g/mol. The molecule has 0 aliphatic rings. The van der Waals surface area contributed by atoms with Gasteiger partial charge in [-0.15, -0.1) is 10.2 Å². The number of hydrogen-bond acceptors (Lipinski definition) is 6. The SMILES string of the molecule is CC(Sc1nnc(COc2ccc(F)cc2)n1N)C(=O)Nc1ccccc1C(C)C. The number of benzene rings is 2. The fourth-order valence-electron chi connectivity index (χ4n) is 2.73. The van der Waals surface area contributed by atoms with Crippen molar-refractivity contribution in [2.45, 2.75) is 43.7 Å². The highest BCUT2D eigenvalue weighted by Gasteiger charge is 2.20. The number of amides is 1. The summed E-state index contributed by atoms with van der Waals surface area (Å²) in [7, 11) is 0. The highest BCUT2D eigenvalue weighted by atomic mass is 32.2. The second kappa shape index (κ2) is 9.62. The summed E-state index contributed by atoms with van der Waals surface area (Å²) < 4.78 is 19.8. The van der Waals surface area contributed by atoms with Crippen LogP contribution in [0, 0.1) is 5.82 Å². The van der Waals surface area contributed by atoms with Gasteiger partial charge in [0, 0.05) is 5.69 Å². The highest BCUT2D eigenvalue weighted by molar-refractivity contribution is 8.00. The van der Waals surface area contributed by atoms with Gasteiger partial charge in [-0.05, 0) is 48.7 Å². The van der Waals surface area contributed by atoms with Crippen molar-refractivity contribution < 1.29 is 13.9 Å². The predicted octanol–water partition coefficient (Wildman–Crippen LogP) is 3.95. The van der Waals surface area contributed by atoms with Crippen molar-refractivity contribution in [2.75, 3.05) is 11.2 Å². The van der Waals surface area contributed by atoms with Gasteiger partial charge in [-0.1, -0.05) is 43.8 Å². The summed E-state index contributed by atoms with van der Waals surface area (Å²) >= 11 is 1.20. The number of aromatic nitrogens is 3. The Labute approximate surface area is 178 Å². The Morgan fingerprint density at radius 3 is 2.57 bits per heavy atom. The van der Waals surface area contributed by atoms with Crippen LogP contribution in [0.2, 0.25) is 0 Å². The minimum atomic E-state index is -0.442. The topological polar surface area (TPSA) is 95.1 Å². The summed E-state index contributed by atoms with van der Waals surface area (Å²) in [5.74, 6) is 6.73. The zero-order chi connectivity index (χ0) is 21.7. The summed E-state index contributed by atoms with van der Waals surface area (Å²) in [5.41, 5.74) is 1.87. The van der Waals surface area contributed by atoms with Crippen molar-refractivity contribution in [1.82, 2.24) is 14.9 Å². The minimum Gasteiger partial charge on any atom is -0.486 e. The normalized spacial score (nSPS) is 12.0. The van der Waals surface area contributed by atoms with Crippen molar-refractivity contribution in [3.8, 4) is 5.75 Å². The van der Waals surface area contributed by atoms with Crippen molar-refractivity contribution >= 4 is 23.4 Å². The van der Waals surface area contributed by atoms with E-state index in [0.29, 0.717) is 22.6 Å². The zero-order valence-corrected chi connectivity index (χ0v) is 17.8. The second-order valence-electron chi connectivity index (χ2n) is 7.00. The van der Waals surface area contributed by atoms with Crippen LogP contribution in [0.15, 0.2) is 53.7 Å². The average Bonchev–Trinajstić information content (AvgIpc) is 3.07. The molecule has 0 saturated carbocycles. The quantitative estimate of drug-likeness (QED) is 0.416. The summed E-state index contributed by atoms with van der Waals surface area (Å²) in [5, 5.41) is 11.0. The zero-order valence-electron chi connectivity index (χ0n) is 17.0.